The number of aromatic nitrogens is 1. The molecule has 1 heterocycles. The summed E-state index contributed by atoms with van der Waals surface area (Å²) < 4.78 is 5.37. The quantitative estimate of drug-likeness (QED) is 0.484. The van der Waals surface area contributed by atoms with Gasteiger partial charge in [0.1, 0.15) is 0 Å². The van der Waals surface area contributed by atoms with Gasteiger partial charge in [-0.2, -0.15) is 0 Å². The third-order valence-electron chi connectivity index (χ3n) is 2.97. The maximum absolute atomic E-state index is 6.15. The molecule has 0 saturated heterocycles. The van der Waals surface area contributed by atoms with Crippen molar-refractivity contribution in [2.45, 2.75) is 10.6 Å². The van der Waals surface area contributed by atoms with Gasteiger partial charge in [0.25, 0.3) is 0 Å². The van der Waals surface area contributed by atoms with Crippen molar-refractivity contribution in [1.82, 2.24) is 5.16 Å². The number of rotatable bonds is 4. The van der Waals surface area contributed by atoms with Gasteiger partial charge in [0.2, 0.25) is 0 Å². The molecule has 0 radical (unpaired) electrons. The zero-order chi connectivity index (χ0) is 15.5. The van der Waals surface area contributed by atoms with Gasteiger partial charge in [0.15, 0.2) is 5.76 Å². The third-order valence-corrected chi connectivity index (χ3v) is 5.06. The molecule has 6 heteroatoms. The standard InChI is InChI=1S/C16H10Cl3NOS/c17-10-5-6-14(19)16(7-10)22-9-11-8-15(21-20-11)12-3-1-2-4-13(12)18/h1-8H,9H2. The Balaban J connectivity index is 1.75. The molecule has 22 heavy (non-hydrogen) atoms. The normalized spacial score (nSPS) is 10.9. The maximum atomic E-state index is 6.15. The van der Waals surface area contributed by atoms with Crippen molar-refractivity contribution in [3.63, 3.8) is 0 Å². The molecule has 2 nitrogen and oxygen atoms in total. The zero-order valence-electron chi connectivity index (χ0n) is 11.2. The van der Waals surface area contributed by atoms with Crippen molar-refractivity contribution in [2.75, 3.05) is 0 Å². The summed E-state index contributed by atoms with van der Waals surface area (Å²) in [6, 6.07) is 14.8. The average molecular weight is 371 g/mol. The molecular weight excluding hydrogens is 361 g/mol. The second kappa shape index (κ2) is 6.97. The van der Waals surface area contributed by atoms with E-state index in [1.54, 1.807) is 23.9 Å². The molecule has 0 aliphatic rings. The number of halogens is 3. The van der Waals surface area contributed by atoms with Gasteiger partial charge in [-0.15, -0.1) is 11.8 Å². The lowest BCUT2D eigenvalue weighted by molar-refractivity contribution is 0.426. The highest BCUT2D eigenvalue weighted by Crippen LogP contribution is 2.33. The highest BCUT2D eigenvalue weighted by atomic mass is 35.5. The second-order valence-corrected chi connectivity index (χ2v) is 6.79. The highest BCUT2D eigenvalue weighted by Gasteiger charge is 2.11. The summed E-state index contributed by atoms with van der Waals surface area (Å²) in [6.07, 6.45) is 0. The first-order valence-corrected chi connectivity index (χ1v) is 8.54. The minimum absolute atomic E-state index is 0.633. The van der Waals surface area contributed by atoms with E-state index < -0.39 is 0 Å². The SMILES string of the molecule is Clc1ccc(Cl)c(SCc2cc(-c3ccccc3Cl)on2)c1. The first-order valence-electron chi connectivity index (χ1n) is 6.42. The van der Waals surface area contributed by atoms with E-state index in [0.29, 0.717) is 26.6 Å². The van der Waals surface area contributed by atoms with Crippen LogP contribution in [0.1, 0.15) is 5.69 Å². The summed E-state index contributed by atoms with van der Waals surface area (Å²) in [5.74, 6) is 1.28. The number of hydrogen-bond acceptors (Lipinski definition) is 3. The first kappa shape index (κ1) is 15.8. The zero-order valence-corrected chi connectivity index (χ0v) is 14.3. The number of benzene rings is 2. The topological polar surface area (TPSA) is 26.0 Å². The molecule has 112 valence electrons. The average Bonchev–Trinajstić information content (AvgIpc) is 2.97. The Morgan fingerprint density at radius 1 is 0.955 bits per heavy atom. The predicted octanol–water partition coefficient (Wildman–Crippen LogP) is 6.59. The molecule has 0 saturated carbocycles. The fourth-order valence-corrected chi connectivity index (χ4v) is 3.51. The van der Waals surface area contributed by atoms with Gasteiger partial charge in [0.05, 0.1) is 15.7 Å². The van der Waals surface area contributed by atoms with Crippen molar-refractivity contribution in [2.24, 2.45) is 0 Å². The van der Waals surface area contributed by atoms with Crippen LogP contribution >= 0.6 is 46.6 Å². The Labute approximate surface area is 147 Å². The highest BCUT2D eigenvalue weighted by molar-refractivity contribution is 7.98. The molecule has 0 aliphatic carbocycles. The van der Waals surface area contributed by atoms with E-state index in [1.807, 2.05) is 36.4 Å². The molecule has 0 spiro atoms. The first-order chi connectivity index (χ1) is 10.6. The molecule has 3 aromatic rings. The van der Waals surface area contributed by atoms with Crippen molar-refractivity contribution in [3.8, 4) is 11.3 Å². The van der Waals surface area contributed by atoms with E-state index in [1.165, 1.54) is 0 Å². The monoisotopic (exact) mass is 369 g/mol. The summed E-state index contributed by atoms with van der Waals surface area (Å²) in [6.45, 7) is 0. The van der Waals surface area contributed by atoms with Crippen LogP contribution in [0, 0.1) is 0 Å². The minimum Gasteiger partial charge on any atom is -0.356 e. The Hall–Kier alpha value is -1.13. The van der Waals surface area contributed by atoms with Crippen LogP contribution in [0.3, 0.4) is 0 Å². The fourth-order valence-electron chi connectivity index (χ4n) is 1.91. The lowest BCUT2D eigenvalue weighted by atomic mass is 10.2. The lowest BCUT2D eigenvalue weighted by Gasteiger charge is -2.02. The summed E-state index contributed by atoms with van der Waals surface area (Å²) in [5, 5.41) is 6.03. The predicted molar refractivity (Wildman–Crippen MR) is 93.0 cm³/mol. The summed E-state index contributed by atoms with van der Waals surface area (Å²) in [5.41, 5.74) is 1.64. The van der Waals surface area contributed by atoms with Crippen LogP contribution in [0.25, 0.3) is 11.3 Å². The van der Waals surface area contributed by atoms with Crippen molar-refractivity contribution in [1.29, 1.82) is 0 Å². The number of nitrogens with zero attached hydrogens (tertiary/aromatic N) is 1. The van der Waals surface area contributed by atoms with Gasteiger partial charge in [-0.1, -0.05) is 52.1 Å². The summed E-state index contributed by atoms with van der Waals surface area (Å²) in [7, 11) is 0. The van der Waals surface area contributed by atoms with E-state index >= 15 is 0 Å². The van der Waals surface area contributed by atoms with Gasteiger partial charge < -0.3 is 4.52 Å². The lowest BCUT2D eigenvalue weighted by Crippen LogP contribution is -1.81. The molecule has 0 aliphatic heterocycles. The summed E-state index contributed by atoms with van der Waals surface area (Å²) >= 11 is 19.8. The van der Waals surface area contributed by atoms with E-state index in [0.717, 1.165) is 16.2 Å². The van der Waals surface area contributed by atoms with Crippen LogP contribution in [0.2, 0.25) is 15.1 Å². The minimum atomic E-state index is 0.633. The van der Waals surface area contributed by atoms with Crippen LogP contribution in [0.5, 0.6) is 0 Å². The van der Waals surface area contributed by atoms with Crippen molar-refractivity contribution in [3.05, 3.63) is 69.3 Å². The van der Waals surface area contributed by atoms with Gasteiger partial charge in [-0.05, 0) is 30.3 Å². The Morgan fingerprint density at radius 3 is 2.59 bits per heavy atom. The molecule has 1 aromatic heterocycles. The van der Waals surface area contributed by atoms with E-state index in [9.17, 15) is 0 Å². The maximum Gasteiger partial charge on any atom is 0.168 e. The van der Waals surface area contributed by atoms with Crippen LogP contribution in [-0.4, -0.2) is 5.16 Å². The van der Waals surface area contributed by atoms with Crippen LogP contribution in [-0.2, 0) is 5.75 Å². The smallest absolute Gasteiger partial charge is 0.168 e. The fraction of sp³-hybridized carbons (Fsp3) is 0.0625. The van der Waals surface area contributed by atoms with E-state index in [4.69, 9.17) is 39.3 Å². The number of hydrogen-bond donors (Lipinski definition) is 0. The van der Waals surface area contributed by atoms with E-state index in [2.05, 4.69) is 5.16 Å². The molecule has 3 rings (SSSR count). The molecule has 0 atom stereocenters. The van der Waals surface area contributed by atoms with Crippen LogP contribution < -0.4 is 0 Å². The Morgan fingerprint density at radius 2 is 1.77 bits per heavy atom. The van der Waals surface area contributed by atoms with Crippen LogP contribution in [0.4, 0.5) is 0 Å². The molecular formula is C16H10Cl3NOS. The largest absolute Gasteiger partial charge is 0.356 e. The third kappa shape index (κ3) is 3.61. The molecule has 0 fully saturated rings. The van der Waals surface area contributed by atoms with Crippen LogP contribution in [0.15, 0.2) is 57.9 Å². The summed E-state index contributed by atoms with van der Waals surface area (Å²) in [4.78, 5) is 0.913. The van der Waals surface area contributed by atoms with Crippen molar-refractivity contribution < 1.29 is 4.52 Å². The molecule has 0 N–H and O–H groups in total. The van der Waals surface area contributed by atoms with Crippen molar-refractivity contribution >= 4 is 46.6 Å². The Bertz CT molecular complexity index is 804. The van der Waals surface area contributed by atoms with Gasteiger partial charge >= 0.3 is 0 Å². The van der Waals surface area contributed by atoms with E-state index in [-0.39, 0.29) is 0 Å². The molecule has 0 amide bonds. The van der Waals surface area contributed by atoms with Gasteiger partial charge in [0, 0.05) is 27.3 Å². The Kier molecular flexibility index (Phi) is 4.99. The molecule has 2 aromatic carbocycles. The number of thioether (sulfide) groups is 1. The molecule has 0 bridgehead atoms. The van der Waals surface area contributed by atoms with Gasteiger partial charge in [-0.3, -0.25) is 0 Å². The molecule has 0 unspecified atom stereocenters. The van der Waals surface area contributed by atoms with Gasteiger partial charge in [-0.25, -0.2) is 0 Å². The second-order valence-electron chi connectivity index (χ2n) is 4.53.